The van der Waals surface area contributed by atoms with Crippen LogP contribution in [0.25, 0.3) is 5.57 Å². The zero-order chi connectivity index (χ0) is 10.6. The molecule has 1 rings (SSSR count). The Kier molecular flexibility index (Phi) is 3.97. The monoisotopic (exact) mass is 206 g/mol. The zero-order valence-electron chi connectivity index (χ0n) is 8.68. The van der Waals surface area contributed by atoms with E-state index in [1.807, 2.05) is 25.1 Å². The van der Waals surface area contributed by atoms with Crippen molar-refractivity contribution in [3.63, 3.8) is 0 Å². The van der Waals surface area contributed by atoms with E-state index in [4.69, 9.17) is 11.6 Å². The van der Waals surface area contributed by atoms with Crippen LogP contribution in [0.2, 0.25) is 0 Å². The van der Waals surface area contributed by atoms with Gasteiger partial charge >= 0.3 is 0 Å². The van der Waals surface area contributed by atoms with Crippen LogP contribution in [0.5, 0.6) is 0 Å². The summed E-state index contributed by atoms with van der Waals surface area (Å²) in [7, 11) is 0. The topological polar surface area (TPSA) is 0 Å². The van der Waals surface area contributed by atoms with Crippen LogP contribution in [0.1, 0.15) is 25.8 Å². The SMILES string of the molecule is C=C(CC)/C(Cl)=C(\C)c1ccccc1. The predicted octanol–water partition coefficient (Wildman–Crippen LogP) is 4.62. The average molecular weight is 207 g/mol. The molecule has 14 heavy (non-hydrogen) atoms. The van der Waals surface area contributed by atoms with E-state index < -0.39 is 0 Å². The third-order valence-electron chi connectivity index (χ3n) is 2.27. The minimum atomic E-state index is 0.790. The molecular formula is C13H15Cl. The highest BCUT2D eigenvalue weighted by atomic mass is 35.5. The van der Waals surface area contributed by atoms with E-state index in [0.717, 1.165) is 28.2 Å². The van der Waals surface area contributed by atoms with Crippen molar-refractivity contribution in [2.75, 3.05) is 0 Å². The van der Waals surface area contributed by atoms with Crippen molar-refractivity contribution in [2.24, 2.45) is 0 Å². The lowest BCUT2D eigenvalue weighted by molar-refractivity contribution is 1.15. The van der Waals surface area contributed by atoms with E-state index in [2.05, 4.69) is 25.6 Å². The Bertz CT molecular complexity index is 347. The number of halogens is 1. The second-order valence-corrected chi connectivity index (χ2v) is 3.64. The zero-order valence-corrected chi connectivity index (χ0v) is 9.43. The van der Waals surface area contributed by atoms with Gasteiger partial charge in [-0.3, -0.25) is 0 Å². The van der Waals surface area contributed by atoms with E-state index in [9.17, 15) is 0 Å². The summed E-state index contributed by atoms with van der Waals surface area (Å²) < 4.78 is 0. The maximum Gasteiger partial charge on any atom is 0.0467 e. The van der Waals surface area contributed by atoms with Gasteiger partial charge in [0.25, 0.3) is 0 Å². The molecule has 0 unspecified atom stereocenters. The molecule has 0 N–H and O–H groups in total. The van der Waals surface area contributed by atoms with Crippen molar-refractivity contribution in [2.45, 2.75) is 20.3 Å². The van der Waals surface area contributed by atoms with Crippen LogP contribution in [0.4, 0.5) is 0 Å². The molecule has 0 aliphatic carbocycles. The summed E-state index contributed by atoms with van der Waals surface area (Å²) in [5, 5.41) is 0.790. The minimum absolute atomic E-state index is 0.790. The summed E-state index contributed by atoms with van der Waals surface area (Å²) in [6, 6.07) is 10.1. The predicted molar refractivity (Wildman–Crippen MR) is 64.3 cm³/mol. The first-order chi connectivity index (χ1) is 6.66. The number of hydrogen-bond donors (Lipinski definition) is 0. The van der Waals surface area contributed by atoms with Crippen LogP contribution in [0, 0.1) is 0 Å². The van der Waals surface area contributed by atoms with Crippen LogP contribution in [0.15, 0.2) is 47.5 Å². The molecule has 0 heterocycles. The van der Waals surface area contributed by atoms with Gasteiger partial charge in [0.15, 0.2) is 0 Å². The number of rotatable bonds is 3. The van der Waals surface area contributed by atoms with Gasteiger partial charge in [-0.1, -0.05) is 55.4 Å². The smallest absolute Gasteiger partial charge is 0.0467 e. The van der Waals surface area contributed by atoms with Gasteiger partial charge in [-0.15, -0.1) is 0 Å². The summed E-state index contributed by atoms with van der Waals surface area (Å²) in [5.41, 5.74) is 3.25. The molecule has 0 atom stereocenters. The van der Waals surface area contributed by atoms with Crippen molar-refractivity contribution in [3.05, 3.63) is 53.1 Å². The molecule has 0 saturated carbocycles. The lowest BCUT2D eigenvalue weighted by atomic mass is 10.0. The van der Waals surface area contributed by atoms with Gasteiger partial charge in [0.1, 0.15) is 0 Å². The van der Waals surface area contributed by atoms with E-state index in [-0.39, 0.29) is 0 Å². The molecule has 0 saturated heterocycles. The number of hydrogen-bond acceptors (Lipinski definition) is 0. The van der Waals surface area contributed by atoms with Crippen molar-refractivity contribution < 1.29 is 0 Å². The highest BCUT2D eigenvalue weighted by Crippen LogP contribution is 2.26. The summed E-state index contributed by atoms with van der Waals surface area (Å²) in [4.78, 5) is 0. The molecule has 0 radical (unpaired) electrons. The van der Waals surface area contributed by atoms with Crippen LogP contribution in [-0.2, 0) is 0 Å². The van der Waals surface area contributed by atoms with Crippen molar-refractivity contribution in [1.29, 1.82) is 0 Å². The molecule has 0 spiro atoms. The quantitative estimate of drug-likeness (QED) is 0.633. The van der Waals surface area contributed by atoms with E-state index in [1.165, 1.54) is 0 Å². The molecule has 0 amide bonds. The third-order valence-corrected chi connectivity index (χ3v) is 2.82. The van der Waals surface area contributed by atoms with E-state index >= 15 is 0 Å². The summed E-state index contributed by atoms with van der Waals surface area (Å²) in [6.07, 6.45) is 0.892. The van der Waals surface area contributed by atoms with E-state index in [1.54, 1.807) is 0 Å². The molecule has 0 aliphatic rings. The molecule has 0 fully saturated rings. The molecule has 1 heteroatoms. The van der Waals surface area contributed by atoms with Crippen LogP contribution in [-0.4, -0.2) is 0 Å². The molecule has 0 aromatic heterocycles. The molecule has 0 nitrogen and oxygen atoms in total. The highest BCUT2D eigenvalue weighted by molar-refractivity contribution is 6.35. The fraction of sp³-hybridized carbons (Fsp3) is 0.231. The molecule has 74 valence electrons. The summed E-state index contributed by atoms with van der Waals surface area (Å²) >= 11 is 6.20. The molecule has 1 aromatic rings. The van der Waals surface area contributed by atoms with Crippen molar-refractivity contribution in [3.8, 4) is 0 Å². The maximum absolute atomic E-state index is 6.20. The fourth-order valence-corrected chi connectivity index (χ4v) is 1.48. The van der Waals surface area contributed by atoms with Gasteiger partial charge in [-0.2, -0.15) is 0 Å². The largest absolute Gasteiger partial charge is 0.0943 e. The minimum Gasteiger partial charge on any atom is -0.0943 e. The van der Waals surface area contributed by atoms with E-state index in [0.29, 0.717) is 0 Å². The van der Waals surface area contributed by atoms with Crippen LogP contribution in [0.3, 0.4) is 0 Å². The Labute approximate surface area is 90.9 Å². The molecular weight excluding hydrogens is 192 g/mol. The summed E-state index contributed by atoms with van der Waals surface area (Å²) in [5.74, 6) is 0. The lowest BCUT2D eigenvalue weighted by Gasteiger charge is -2.07. The summed E-state index contributed by atoms with van der Waals surface area (Å²) in [6.45, 7) is 8.01. The Morgan fingerprint density at radius 2 is 1.86 bits per heavy atom. The second-order valence-electron chi connectivity index (χ2n) is 3.26. The van der Waals surface area contributed by atoms with Gasteiger partial charge in [-0.05, 0) is 30.1 Å². The Hall–Kier alpha value is -1.01. The fourth-order valence-electron chi connectivity index (χ4n) is 1.24. The average Bonchev–Trinajstić information content (AvgIpc) is 2.27. The highest BCUT2D eigenvalue weighted by Gasteiger charge is 2.03. The van der Waals surface area contributed by atoms with Gasteiger partial charge < -0.3 is 0 Å². The van der Waals surface area contributed by atoms with Gasteiger partial charge in [0.2, 0.25) is 0 Å². The van der Waals surface area contributed by atoms with Crippen molar-refractivity contribution in [1.82, 2.24) is 0 Å². The van der Waals surface area contributed by atoms with Gasteiger partial charge in [0, 0.05) is 5.03 Å². The lowest BCUT2D eigenvalue weighted by Crippen LogP contribution is -1.85. The number of benzene rings is 1. The maximum atomic E-state index is 6.20. The second kappa shape index (κ2) is 5.02. The van der Waals surface area contributed by atoms with Crippen LogP contribution >= 0.6 is 11.6 Å². The van der Waals surface area contributed by atoms with Gasteiger partial charge in [-0.25, -0.2) is 0 Å². The molecule has 1 aromatic carbocycles. The normalized spacial score (nSPS) is 12.2. The van der Waals surface area contributed by atoms with Gasteiger partial charge in [0.05, 0.1) is 0 Å². The third kappa shape index (κ3) is 2.49. The first-order valence-electron chi connectivity index (χ1n) is 4.76. The Balaban J connectivity index is 3.05. The van der Waals surface area contributed by atoms with Crippen molar-refractivity contribution >= 4 is 17.2 Å². The van der Waals surface area contributed by atoms with Crippen LogP contribution < -0.4 is 0 Å². The first-order valence-corrected chi connectivity index (χ1v) is 5.14. The molecule has 0 aliphatic heterocycles. The Morgan fingerprint density at radius 3 is 2.36 bits per heavy atom. The number of allylic oxidation sites excluding steroid dienone is 3. The standard InChI is InChI=1S/C13H15Cl/c1-4-10(2)13(14)11(3)12-8-6-5-7-9-12/h5-9H,2,4H2,1,3H3/b13-11-. The Morgan fingerprint density at radius 1 is 1.29 bits per heavy atom. The molecule has 0 bridgehead atoms. The first kappa shape index (κ1) is 11.1.